The minimum atomic E-state index is -0.721. The highest BCUT2D eigenvalue weighted by Gasteiger charge is 2.23. The van der Waals surface area contributed by atoms with E-state index in [2.05, 4.69) is 16.0 Å². The number of carbonyl (C=O) groups excluding carboxylic acids is 3. The van der Waals surface area contributed by atoms with Gasteiger partial charge in [0.15, 0.2) is 0 Å². The first-order valence-electron chi connectivity index (χ1n) is 11.1. The summed E-state index contributed by atoms with van der Waals surface area (Å²) in [6, 6.07) is 8.50. The lowest BCUT2D eigenvalue weighted by atomic mass is 10.1. The summed E-state index contributed by atoms with van der Waals surface area (Å²) in [5.41, 5.74) is 7.16. The highest BCUT2D eigenvalue weighted by molar-refractivity contribution is 7.20. The monoisotopic (exact) mass is 455 g/mol. The average Bonchev–Trinajstić information content (AvgIpc) is 3.23. The Morgan fingerprint density at radius 2 is 1.91 bits per heavy atom. The average molecular weight is 456 g/mol. The maximum Gasteiger partial charge on any atom is 0.317 e. The molecule has 0 saturated carbocycles. The van der Waals surface area contributed by atoms with Gasteiger partial charge in [-0.15, -0.1) is 11.3 Å². The van der Waals surface area contributed by atoms with Gasteiger partial charge in [-0.1, -0.05) is 12.1 Å². The van der Waals surface area contributed by atoms with Gasteiger partial charge in [-0.3, -0.25) is 14.9 Å². The maximum absolute atomic E-state index is 13.0. The molecule has 8 nitrogen and oxygen atoms in total. The van der Waals surface area contributed by atoms with Crippen LogP contribution < -0.4 is 21.7 Å². The first kappa shape index (κ1) is 22.3. The van der Waals surface area contributed by atoms with Crippen LogP contribution in [-0.4, -0.2) is 55.0 Å². The molecule has 170 valence electrons. The smallest absolute Gasteiger partial charge is 0.317 e. The second kappa shape index (κ2) is 10.1. The lowest BCUT2D eigenvalue weighted by molar-refractivity contribution is 0.0724. The van der Waals surface area contributed by atoms with Crippen molar-refractivity contribution in [3.8, 4) is 10.4 Å². The zero-order valence-electron chi connectivity index (χ0n) is 18.0. The first-order chi connectivity index (χ1) is 15.5. The number of likely N-dealkylation sites (tertiary alicyclic amines) is 1. The van der Waals surface area contributed by atoms with Crippen LogP contribution in [-0.2, 0) is 0 Å². The van der Waals surface area contributed by atoms with Crippen molar-refractivity contribution in [1.29, 1.82) is 0 Å². The number of thiophene rings is 1. The third-order valence-electron chi connectivity index (χ3n) is 5.88. The molecule has 2 fully saturated rings. The van der Waals surface area contributed by atoms with E-state index >= 15 is 0 Å². The fourth-order valence-electron chi connectivity index (χ4n) is 4.23. The van der Waals surface area contributed by atoms with E-state index in [1.54, 1.807) is 6.07 Å². The van der Waals surface area contributed by atoms with E-state index in [4.69, 9.17) is 5.73 Å². The van der Waals surface area contributed by atoms with E-state index in [1.807, 2.05) is 29.2 Å². The van der Waals surface area contributed by atoms with Crippen molar-refractivity contribution in [2.24, 2.45) is 5.73 Å². The Kier molecular flexibility index (Phi) is 7.06. The normalized spacial score (nSPS) is 18.8. The number of urea groups is 1. The van der Waals surface area contributed by atoms with Gasteiger partial charge in [-0.2, -0.15) is 0 Å². The van der Waals surface area contributed by atoms with Crippen molar-refractivity contribution in [3.05, 3.63) is 41.5 Å². The van der Waals surface area contributed by atoms with E-state index in [1.165, 1.54) is 11.3 Å². The topological polar surface area (TPSA) is 117 Å². The zero-order chi connectivity index (χ0) is 22.5. The van der Waals surface area contributed by atoms with Gasteiger partial charge in [0.25, 0.3) is 11.8 Å². The van der Waals surface area contributed by atoms with E-state index in [0.717, 1.165) is 68.7 Å². The van der Waals surface area contributed by atoms with E-state index in [-0.39, 0.29) is 17.9 Å². The second-order valence-electron chi connectivity index (χ2n) is 8.29. The molecule has 0 aliphatic carbocycles. The van der Waals surface area contributed by atoms with Crippen LogP contribution in [0.5, 0.6) is 0 Å². The summed E-state index contributed by atoms with van der Waals surface area (Å²) in [6.07, 6.45) is 5.15. The summed E-state index contributed by atoms with van der Waals surface area (Å²) < 4.78 is 0. The summed E-state index contributed by atoms with van der Waals surface area (Å²) in [5, 5.41) is 9.29. The fraction of sp³-hybridized carbons (Fsp3) is 0.435. The van der Waals surface area contributed by atoms with Crippen LogP contribution >= 0.6 is 11.3 Å². The Morgan fingerprint density at radius 3 is 2.62 bits per heavy atom. The van der Waals surface area contributed by atoms with Crippen LogP contribution in [0.4, 0.5) is 9.80 Å². The lowest BCUT2D eigenvalue weighted by Crippen LogP contribution is -2.45. The van der Waals surface area contributed by atoms with Crippen molar-refractivity contribution >= 4 is 34.2 Å². The van der Waals surface area contributed by atoms with Gasteiger partial charge in [0, 0.05) is 36.1 Å². The van der Waals surface area contributed by atoms with Crippen molar-refractivity contribution in [2.75, 3.05) is 31.5 Å². The molecule has 0 spiro atoms. The molecule has 32 heavy (non-hydrogen) atoms. The summed E-state index contributed by atoms with van der Waals surface area (Å²) in [4.78, 5) is 40.1. The van der Waals surface area contributed by atoms with Crippen molar-refractivity contribution in [1.82, 2.24) is 15.5 Å². The summed E-state index contributed by atoms with van der Waals surface area (Å²) in [5.74, 6) is -0.216. The molecule has 3 heterocycles. The number of piperidine rings is 2. The molecule has 2 aliphatic heterocycles. The number of benzene rings is 1. The zero-order valence-corrected chi connectivity index (χ0v) is 18.8. The third-order valence-corrected chi connectivity index (χ3v) is 6.98. The van der Waals surface area contributed by atoms with Crippen molar-refractivity contribution in [3.63, 3.8) is 0 Å². The Labute approximate surface area is 191 Å². The Hall–Kier alpha value is -2.91. The van der Waals surface area contributed by atoms with Gasteiger partial charge >= 0.3 is 6.03 Å². The second-order valence-corrected chi connectivity index (χ2v) is 9.35. The molecule has 0 unspecified atom stereocenters. The minimum absolute atomic E-state index is 0.0290. The van der Waals surface area contributed by atoms with Crippen LogP contribution in [0.15, 0.2) is 30.3 Å². The van der Waals surface area contributed by atoms with Crippen molar-refractivity contribution < 1.29 is 14.4 Å². The highest BCUT2D eigenvalue weighted by atomic mass is 32.1. The molecule has 2 aromatic rings. The summed E-state index contributed by atoms with van der Waals surface area (Å²) in [7, 11) is 0. The van der Waals surface area contributed by atoms with Crippen LogP contribution in [0.3, 0.4) is 0 Å². The number of hydrogen-bond acceptors (Lipinski definition) is 5. The Morgan fingerprint density at radius 1 is 1.09 bits per heavy atom. The predicted molar refractivity (Wildman–Crippen MR) is 126 cm³/mol. The first-order valence-corrected chi connectivity index (χ1v) is 11.9. The lowest BCUT2D eigenvalue weighted by Gasteiger charge is -2.26. The highest BCUT2D eigenvalue weighted by Crippen LogP contribution is 2.36. The fourth-order valence-corrected chi connectivity index (χ4v) is 5.28. The van der Waals surface area contributed by atoms with E-state index in [9.17, 15) is 14.4 Å². The number of primary amides is 1. The van der Waals surface area contributed by atoms with Gasteiger partial charge < -0.3 is 21.3 Å². The van der Waals surface area contributed by atoms with Gasteiger partial charge in [-0.05, 0) is 62.4 Å². The number of hydrogen-bond donors (Lipinski definition) is 4. The molecule has 9 heteroatoms. The molecule has 2 aliphatic rings. The molecular weight excluding hydrogens is 426 g/mol. The number of amides is 4. The molecule has 1 atom stereocenters. The Bertz CT molecular complexity index is 993. The molecule has 4 rings (SSSR count). The number of carbonyl (C=O) groups is 3. The van der Waals surface area contributed by atoms with Crippen LogP contribution in [0.2, 0.25) is 0 Å². The molecule has 5 N–H and O–H groups in total. The molecular formula is C23H29N5O3S. The number of nitrogens with one attached hydrogen (secondary N) is 3. The van der Waals surface area contributed by atoms with Gasteiger partial charge in [0.05, 0.1) is 5.56 Å². The quantitative estimate of drug-likeness (QED) is 0.554. The number of nitrogens with zero attached hydrogens (tertiary/aromatic N) is 1. The SMILES string of the molecule is NC(=O)Nc1sc(-c2cccc(C(=O)N3CCCCC3)c2)cc1C(=O)N[C@H]1CCCNC1. The summed E-state index contributed by atoms with van der Waals surface area (Å²) in [6.45, 7) is 3.25. The van der Waals surface area contributed by atoms with Crippen LogP contribution in [0.1, 0.15) is 52.8 Å². The van der Waals surface area contributed by atoms with Crippen LogP contribution in [0, 0.1) is 0 Å². The van der Waals surface area contributed by atoms with Gasteiger partial charge in [0.1, 0.15) is 5.00 Å². The minimum Gasteiger partial charge on any atom is -0.351 e. The van der Waals surface area contributed by atoms with E-state index in [0.29, 0.717) is 16.1 Å². The molecule has 0 bridgehead atoms. The standard InChI is InChI=1S/C23H29N5O3S/c24-23(31)27-21-18(20(29)26-17-8-5-9-25-14-17)13-19(32-21)15-6-4-7-16(12-15)22(30)28-10-2-1-3-11-28/h4,6-7,12-13,17,25H,1-3,5,8-11,14H2,(H,26,29)(H3,24,27,31)/t17-/m0/s1. The molecule has 4 amide bonds. The molecule has 0 radical (unpaired) electrons. The van der Waals surface area contributed by atoms with Gasteiger partial charge in [-0.25, -0.2) is 4.79 Å². The van der Waals surface area contributed by atoms with Gasteiger partial charge in [0.2, 0.25) is 0 Å². The molecule has 2 saturated heterocycles. The third kappa shape index (κ3) is 5.28. The molecule has 1 aromatic carbocycles. The maximum atomic E-state index is 13.0. The molecule has 1 aromatic heterocycles. The Balaban J connectivity index is 1.58. The number of rotatable bonds is 5. The number of anilines is 1. The largest absolute Gasteiger partial charge is 0.351 e. The summed E-state index contributed by atoms with van der Waals surface area (Å²) >= 11 is 1.27. The van der Waals surface area contributed by atoms with Crippen LogP contribution in [0.25, 0.3) is 10.4 Å². The number of nitrogens with two attached hydrogens (primary N) is 1. The van der Waals surface area contributed by atoms with Crippen molar-refractivity contribution in [2.45, 2.75) is 38.1 Å². The van der Waals surface area contributed by atoms with E-state index < -0.39 is 6.03 Å². The predicted octanol–water partition coefficient (Wildman–Crippen LogP) is 3.01.